The number of carbonyl (C=O) groups excluding carboxylic acids is 1. The monoisotopic (exact) mass is 232 g/mol. The van der Waals surface area contributed by atoms with Gasteiger partial charge >= 0.3 is 5.97 Å². The molecule has 0 spiro atoms. The van der Waals surface area contributed by atoms with Crippen molar-refractivity contribution in [1.29, 1.82) is 0 Å². The second kappa shape index (κ2) is 4.13. The second-order valence-corrected chi connectivity index (χ2v) is 4.02. The second-order valence-electron chi connectivity index (χ2n) is 4.02. The molecule has 1 aromatic carbocycles. The number of ether oxygens (including phenoxy) is 3. The first kappa shape index (κ1) is 10.2. The van der Waals surface area contributed by atoms with Gasteiger partial charge in [0.25, 0.3) is 0 Å². The summed E-state index contributed by atoms with van der Waals surface area (Å²) in [5.74, 6) is 1.26. The van der Waals surface area contributed by atoms with Crippen LogP contribution >= 0.6 is 0 Å². The third-order valence-corrected chi connectivity index (χ3v) is 2.82. The van der Waals surface area contributed by atoms with Crippen LogP contribution in [-0.4, -0.2) is 19.4 Å². The molecule has 0 radical (unpaired) electrons. The fraction of sp³-hybridized carbons (Fsp3) is 0.308. The van der Waals surface area contributed by atoms with E-state index in [9.17, 15) is 4.79 Å². The van der Waals surface area contributed by atoms with Crippen molar-refractivity contribution in [2.24, 2.45) is 0 Å². The SMILES string of the molecule is O=C1OCCCC1=Cc1ccc2c(c1)OCO2. The van der Waals surface area contributed by atoms with Crippen LogP contribution in [0.15, 0.2) is 23.8 Å². The minimum atomic E-state index is -0.214. The van der Waals surface area contributed by atoms with Crippen LogP contribution in [-0.2, 0) is 9.53 Å². The standard InChI is InChI=1S/C13H12O4/c14-13-10(2-1-5-15-13)6-9-3-4-11-12(7-9)17-8-16-11/h3-4,6-7H,1-2,5,8H2. The largest absolute Gasteiger partial charge is 0.462 e. The zero-order valence-corrected chi connectivity index (χ0v) is 9.27. The minimum absolute atomic E-state index is 0.214. The molecule has 0 saturated carbocycles. The summed E-state index contributed by atoms with van der Waals surface area (Å²) in [4.78, 5) is 11.5. The molecule has 1 saturated heterocycles. The van der Waals surface area contributed by atoms with Crippen molar-refractivity contribution in [2.45, 2.75) is 12.8 Å². The molecule has 0 N–H and O–H groups in total. The predicted octanol–water partition coefficient (Wildman–Crippen LogP) is 2.14. The Balaban J connectivity index is 1.89. The van der Waals surface area contributed by atoms with Gasteiger partial charge in [-0.05, 0) is 36.6 Å². The van der Waals surface area contributed by atoms with Gasteiger partial charge in [0.2, 0.25) is 6.79 Å². The lowest BCUT2D eigenvalue weighted by Crippen LogP contribution is -2.15. The number of benzene rings is 1. The van der Waals surface area contributed by atoms with Crippen molar-refractivity contribution in [2.75, 3.05) is 13.4 Å². The van der Waals surface area contributed by atoms with Crippen LogP contribution in [0.2, 0.25) is 0 Å². The zero-order chi connectivity index (χ0) is 11.7. The first-order chi connectivity index (χ1) is 8.33. The Hall–Kier alpha value is -1.97. The minimum Gasteiger partial charge on any atom is -0.462 e. The van der Waals surface area contributed by atoms with E-state index in [0.29, 0.717) is 6.61 Å². The number of rotatable bonds is 1. The Morgan fingerprint density at radius 1 is 1.12 bits per heavy atom. The third kappa shape index (κ3) is 1.98. The van der Waals surface area contributed by atoms with Crippen LogP contribution in [0.3, 0.4) is 0 Å². The molecule has 88 valence electrons. The van der Waals surface area contributed by atoms with Gasteiger partial charge in [-0.2, -0.15) is 0 Å². The number of hydrogen-bond donors (Lipinski definition) is 0. The molecule has 2 heterocycles. The van der Waals surface area contributed by atoms with Gasteiger partial charge in [-0.25, -0.2) is 4.79 Å². The molecule has 1 fully saturated rings. The summed E-state index contributed by atoms with van der Waals surface area (Å²) in [7, 11) is 0. The average Bonchev–Trinajstić information content (AvgIpc) is 2.79. The Labute approximate surface area is 98.8 Å². The molecular formula is C13H12O4. The number of fused-ring (bicyclic) bond motifs is 1. The lowest BCUT2D eigenvalue weighted by molar-refractivity contribution is -0.141. The van der Waals surface area contributed by atoms with Gasteiger partial charge in [0.15, 0.2) is 11.5 Å². The normalized spacial score (nSPS) is 20.5. The lowest BCUT2D eigenvalue weighted by atomic mass is 10.0. The van der Waals surface area contributed by atoms with E-state index >= 15 is 0 Å². The van der Waals surface area contributed by atoms with E-state index in [2.05, 4.69) is 0 Å². The number of cyclic esters (lactones) is 1. The first-order valence-corrected chi connectivity index (χ1v) is 5.60. The van der Waals surface area contributed by atoms with Crippen LogP contribution in [0.5, 0.6) is 11.5 Å². The molecule has 0 bridgehead atoms. The summed E-state index contributed by atoms with van der Waals surface area (Å²) in [6, 6.07) is 5.63. The molecule has 0 atom stereocenters. The molecule has 3 rings (SSSR count). The highest BCUT2D eigenvalue weighted by atomic mass is 16.7. The van der Waals surface area contributed by atoms with Crippen molar-refractivity contribution in [3.05, 3.63) is 29.3 Å². The Bertz CT molecular complexity index is 490. The molecule has 0 unspecified atom stereocenters. The number of esters is 1. The van der Waals surface area contributed by atoms with E-state index in [1.165, 1.54) is 0 Å². The topological polar surface area (TPSA) is 44.8 Å². The van der Waals surface area contributed by atoms with Crippen molar-refractivity contribution >= 4 is 12.0 Å². The van der Waals surface area contributed by atoms with Crippen molar-refractivity contribution < 1.29 is 19.0 Å². The summed E-state index contributed by atoms with van der Waals surface area (Å²) in [6.07, 6.45) is 3.51. The number of carbonyl (C=O) groups is 1. The quantitative estimate of drug-likeness (QED) is 0.549. The molecule has 0 aromatic heterocycles. The van der Waals surface area contributed by atoms with Crippen LogP contribution in [0.1, 0.15) is 18.4 Å². The van der Waals surface area contributed by atoms with E-state index in [4.69, 9.17) is 14.2 Å². The first-order valence-electron chi connectivity index (χ1n) is 5.60. The van der Waals surface area contributed by atoms with E-state index in [0.717, 1.165) is 35.5 Å². The van der Waals surface area contributed by atoms with Crippen molar-refractivity contribution in [3.8, 4) is 11.5 Å². The van der Waals surface area contributed by atoms with Gasteiger partial charge in [0.05, 0.1) is 6.61 Å². The molecule has 1 aromatic rings. The summed E-state index contributed by atoms with van der Waals surface area (Å²) in [5.41, 5.74) is 1.65. The Kier molecular flexibility index (Phi) is 2.48. The van der Waals surface area contributed by atoms with E-state index in [1.807, 2.05) is 24.3 Å². The zero-order valence-electron chi connectivity index (χ0n) is 9.27. The van der Waals surface area contributed by atoms with E-state index < -0.39 is 0 Å². The third-order valence-electron chi connectivity index (χ3n) is 2.82. The van der Waals surface area contributed by atoms with Gasteiger partial charge in [0, 0.05) is 5.57 Å². The van der Waals surface area contributed by atoms with Gasteiger partial charge in [-0.15, -0.1) is 0 Å². The van der Waals surface area contributed by atoms with Crippen molar-refractivity contribution in [1.82, 2.24) is 0 Å². The Morgan fingerprint density at radius 2 is 2.00 bits per heavy atom. The maximum atomic E-state index is 11.5. The highest BCUT2D eigenvalue weighted by Gasteiger charge is 2.17. The summed E-state index contributed by atoms with van der Waals surface area (Å²) in [6.45, 7) is 0.786. The lowest BCUT2D eigenvalue weighted by Gasteiger charge is -2.13. The smallest absolute Gasteiger partial charge is 0.334 e. The highest BCUT2D eigenvalue weighted by Crippen LogP contribution is 2.33. The van der Waals surface area contributed by atoms with Crippen LogP contribution in [0.4, 0.5) is 0 Å². The summed E-state index contributed by atoms with van der Waals surface area (Å²) < 4.78 is 15.5. The molecule has 2 aliphatic rings. The maximum Gasteiger partial charge on any atom is 0.334 e. The number of hydrogen-bond acceptors (Lipinski definition) is 4. The average molecular weight is 232 g/mol. The Morgan fingerprint density at radius 3 is 2.88 bits per heavy atom. The van der Waals surface area contributed by atoms with Crippen LogP contribution in [0, 0.1) is 0 Å². The maximum absolute atomic E-state index is 11.5. The molecule has 0 amide bonds. The van der Waals surface area contributed by atoms with Crippen LogP contribution < -0.4 is 9.47 Å². The van der Waals surface area contributed by atoms with Gasteiger partial charge in [-0.3, -0.25) is 0 Å². The molecular weight excluding hydrogens is 220 g/mol. The molecule has 4 heteroatoms. The summed E-state index contributed by atoms with van der Waals surface area (Å²) >= 11 is 0. The molecule has 2 aliphatic heterocycles. The molecule has 0 aliphatic carbocycles. The van der Waals surface area contributed by atoms with Crippen LogP contribution in [0.25, 0.3) is 6.08 Å². The predicted molar refractivity (Wildman–Crippen MR) is 60.7 cm³/mol. The highest BCUT2D eigenvalue weighted by molar-refractivity contribution is 5.94. The fourth-order valence-corrected chi connectivity index (χ4v) is 1.96. The summed E-state index contributed by atoms with van der Waals surface area (Å²) in [5, 5.41) is 0. The molecule has 4 nitrogen and oxygen atoms in total. The van der Waals surface area contributed by atoms with Crippen molar-refractivity contribution in [3.63, 3.8) is 0 Å². The van der Waals surface area contributed by atoms with Gasteiger partial charge < -0.3 is 14.2 Å². The van der Waals surface area contributed by atoms with E-state index in [-0.39, 0.29) is 12.8 Å². The van der Waals surface area contributed by atoms with E-state index in [1.54, 1.807) is 0 Å². The molecule has 17 heavy (non-hydrogen) atoms. The van der Waals surface area contributed by atoms with Gasteiger partial charge in [-0.1, -0.05) is 6.07 Å². The van der Waals surface area contributed by atoms with Gasteiger partial charge in [0.1, 0.15) is 0 Å². The fourth-order valence-electron chi connectivity index (χ4n) is 1.96.